The molecule has 3 aromatic rings. The molecule has 0 radical (unpaired) electrons. The molecule has 24 heavy (non-hydrogen) atoms. The summed E-state index contributed by atoms with van der Waals surface area (Å²) < 4.78 is 13.9. The quantitative estimate of drug-likeness (QED) is 0.461. The van der Waals surface area contributed by atoms with Crippen molar-refractivity contribution in [3.05, 3.63) is 71.2 Å². The topological polar surface area (TPSA) is 61.5 Å². The number of nitrogens with zero attached hydrogens (tertiary/aromatic N) is 4. The summed E-state index contributed by atoms with van der Waals surface area (Å²) in [6.07, 6.45) is 4.77. The van der Waals surface area contributed by atoms with Crippen molar-refractivity contribution in [2.24, 2.45) is 5.10 Å². The van der Waals surface area contributed by atoms with Crippen LogP contribution in [0, 0.1) is 0 Å². The Balaban J connectivity index is 1.48. The van der Waals surface area contributed by atoms with E-state index in [1.165, 1.54) is 17.3 Å². The van der Waals surface area contributed by atoms with Gasteiger partial charge in [-0.25, -0.2) is 4.68 Å². The predicted octanol–water partition coefficient (Wildman–Crippen LogP) is 3.38. The molecule has 0 spiro atoms. The lowest BCUT2D eigenvalue weighted by molar-refractivity contribution is 0.217. The van der Waals surface area contributed by atoms with Crippen LogP contribution in [-0.4, -0.2) is 34.3 Å². The van der Waals surface area contributed by atoms with Gasteiger partial charge in [-0.15, -0.1) is 10.2 Å². The van der Waals surface area contributed by atoms with Gasteiger partial charge in [-0.1, -0.05) is 28.1 Å². The number of halogens is 1. The molecule has 3 rings (SSSR count). The maximum atomic E-state index is 5.70. The summed E-state index contributed by atoms with van der Waals surface area (Å²) in [4.78, 5) is 0. The van der Waals surface area contributed by atoms with Gasteiger partial charge >= 0.3 is 0 Å². The molecule has 0 N–H and O–H groups in total. The summed E-state index contributed by atoms with van der Waals surface area (Å²) in [6.45, 7) is 0.933. The van der Waals surface area contributed by atoms with Crippen LogP contribution in [0.2, 0.25) is 0 Å². The Kier molecular flexibility index (Phi) is 5.57. The minimum absolute atomic E-state index is 0.460. The minimum Gasteiger partial charge on any atom is -0.490 e. The fourth-order valence-electron chi connectivity index (χ4n) is 1.92. The van der Waals surface area contributed by atoms with Crippen LogP contribution >= 0.6 is 15.9 Å². The molecule has 1 heterocycles. The fourth-order valence-corrected chi connectivity index (χ4v) is 2.19. The molecular formula is C17H15BrN4O2. The number of rotatable bonds is 7. The normalized spacial score (nSPS) is 10.9. The molecule has 0 amide bonds. The number of hydrogen-bond acceptors (Lipinski definition) is 5. The second-order valence-corrected chi connectivity index (χ2v) is 5.73. The molecule has 0 aliphatic heterocycles. The lowest BCUT2D eigenvalue weighted by Crippen LogP contribution is -2.09. The first kappa shape index (κ1) is 16.2. The first-order valence-electron chi connectivity index (χ1n) is 7.30. The Hall–Kier alpha value is -2.67. The molecule has 0 aliphatic rings. The minimum atomic E-state index is 0.460. The van der Waals surface area contributed by atoms with Gasteiger partial charge in [0.2, 0.25) is 0 Å². The van der Waals surface area contributed by atoms with Crippen molar-refractivity contribution in [3.63, 3.8) is 0 Å². The van der Waals surface area contributed by atoms with Gasteiger partial charge in [-0.05, 0) is 42.0 Å². The number of hydrogen-bond donors (Lipinski definition) is 0. The molecule has 0 aliphatic carbocycles. The van der Waals surface area contributed by atoms with Gasteiger partial charge in [-0.3, -0.25) is 0 Å². The van der Waals surface area contributed by atoms with Crippen LogP contribution in [-0.2, 0) is 0 Å². The van der Waals surface area contributed by atoms with Gasteiger partial charge in [0.25, 0.3) is 0 Å². The smallest absolute Gasteiger partial charge is 0.141 e. The number of ether oxygens (including phenoxy) is 2. The summed E-state index contributed by atoms with van der Waals surface area (Å²) in [5.41, 5.74) is 0.926. The molecule has 0 saturated heterocycles. The standard InChI is InChI=1S/C17H15BrN4O2/c18-15-4-6-16(7-5-15)23-8-9-24-17-3-1-2-14(10-17)11-21-22-12-19-20-13-22/h1-7,10-13H,8-9H2. The second kappa shape index (κ2) is 8.26. The van der Waals surface area contributed by atoms with Crippen LogP contribution in [0.4, 0.5) is 0 Å². The van der Waals surface area contributed by atoms with Crippen LogP contribution in [0.1, 0.15) is 5.56 Å². The van der Waals surface area contributed by atoms with E-state index >= 15 is 0 Å². The zero-order valence-corrected chi connectivity index (χ0v) is 14.3. The molecule has 122 valence electrons. The van der Waals surface area contributed by atoms with Crippen molar-refractivity contribution in [1.29, 1.82) is 0 Å². The van der Waals surface area contributed by atoms with E-state index in [9.17, 15) is 0 Å². The van der Waals surface area contributed by atoms with Crippen LogP contribution in [0.5, 0.6) is 11.5 Å². The highest BCUT2D eigenvalue weighted by Gasteiger charge is 1.97. The summed E-state index contributed by atoms with van der Waals surface area (Å²) in [5.74, 6) is 1.58. The predicted molar refractivity (Wildman–Crippen MR) is 94.6 cm³/mol. The number of aromatic nitrogens is 3. The number of benzene rings is 2. The largest absolute Gasteiger partial charge is 0.490 e. The Morgan fingerprint density at radius 2 is 1.67 bits per heavy atom. The van der Waals surface area contributed by atoms with E-state index in [4.69, 9.17) is 9.47 Å². The SMILES string of the molecule is Brc1ccc(OCCOc2cccc(C=Nn3cnnc3)c2)cc1. The molecule has 0 atom stereocenters. The Labute approximate surface area is 147 Å². The summed E-state index contributed by atoms with van der Waals surface area (Å²) >= 11 is 3.39. The van der Waals surface area contributed by atoms with Gasteiger partial charge in [-0.2, -0.15) is 5.10 Å². The van der Waals surface area contributed by atoms with E-state index in [0.29, 0.717) is 13.2 Å². The average Bonchev–Trinajstić information content (AvgIpc) is 3.12. The Morgan fingerprint density at radius 1 is 0.958 bits per heavy atom. The molecular weight excluding hydrogens is 372 g/mol. The van der Waals surface area contributed by atoms with Gasteiger partial charge in [0, 0.05) is 4.47 Å². The van der Waals surface area contributed by atoms with E-state index in [1.54, 1.807) is 6.21 Å². The highest BCUT2D eigenvalue weighted by Crippen LogP contribution is 2.16. The van der Waals surface area contributed by atoms with Crippen molar-refractivity contribution in [3.8, 4) is 11.5 Å². The molecule has 7 heteroatoms. The van der Waals surface area contributed by atoms with E-state index in [1.807, 2.05) is 48.5 Å². The van der Waals surface area contributed by atoms with E-state index < -0.39 is 0 Å². The summed E-state index contributed by atoms with van der Waals surface area (Å²) in [7, 11) is 0. The second-order valence-electron chi connectivity index (χ2n) is 4.81. The van der Waals surface area contributed by atoms with Gasteiger partial charge in [0.05, 0.1) is 6.21 Å². The van der Waals surface area contributed by atoms with Gasteiger partial charge in [0.1, 0.15) is 37.4 Å². The van der Waals surface area contributed by atoms with Crippen molar-refractivity contribution in [2.45, 2.75) is 0 Å². The molecule has 0 unspecified atom stereocenters. The van der Waals surface area contributed by atoms with Crippen LogP contribution in [0.3, 0.4) is 0 Å². The molecule has 2 aromatic carbocycles. The third-order valence-corrected chi connectivity index (χ3v) is 3.57. The molecule has 0 bridgehead atoms. The first-order chi connectivity index (χ1) is 11.8. The molecule has 6 nitrogen and oxygen atoms in total. The lowest BCUT2D eigenvalue weighted by atomic mass is 10.2. The monoisotopic (exact) mass is 386 g/mol. The van der Waals surface area contributed by atoms with Crippen molar-refractivity contribution < 1.29 is 9.47 Å². The highest BCUT2D eigenvalue weighted by atomic mass is 79.9. The fraction of sp³-hybridized carbons (Fsp3) is 0.118. The highest BCUT2D eigenvalue weighted by molar-refractivity contribution is 9.10. The first-order valence-corrected chi connectivity index (χ1v) is 8.09. The van der Waals surface area contributed by atoms with E-state index in [2.05, 4.69) is 31.2 Å². The maximum absolute atomic E-state index is 5.70. The van der Waals surface area contributed by atoms with Crippen molar-refractivity contribution >= 4 is 22.1 Å². The van der Waals surface area contributed by atoms with Crippen LogP contribution in [0.25, 0.3) is 0 Å². The van der Waals surface area contributed by atoms with Crippen molar-refractivity contribution in [1.82, 2.24) is 14.9 Å². The van der Waals surface area contributed by atoms with Gasteiger partial charge in [0.15, 0.2) is 0 Å². The van der Waals surface area contributed by atoms with Crippen molar-refractivity contribution in [2.75, 3.05) is 13.2 Å². The van der Waals surface area contributed by atoms with E-state index in [-0.39, 0.29) is 0 Å². The molecule has 1 aromatic heterocycles. The lowest BCUT2D eigenvalue weighted by Gasteiger charge is -2.08. The molecule has 0 fully saturated rings. The van der Waals surface area contributed by atoms with Gasteiger partial charge < -0.3 is 9.47 Å². The van der Waals surface area contributed by atoms with E-state index in [0.717, 1.165) is 21.5 Å². The van der Waals surface area contributed by atoms with Crippen LogP contribution in [0.15, 0.2) is 70.8 Å². The summed E-state index contributed by atoms with van der Waals surface area (Å²) in [5, 5.41) is 11.6. The third-order valence-electron chi connectivity index (χ3n) is 3.04. The maximum Gasteiger partial charge on any atom is 0.141 e. The zero-order valence-electron chi connectivity index (χ0n) is 12.7. The molecule has 0 saturated carbocycles. The zero-order chi connectivity index (χ0) is 16.6. The third kappa shape index (κ3) is 4.92. The Morgan fingerprint density at radius 3 is 2.42 bits per heavy atom. The van der Waals surface area contributed by atoms with Crippen LogP contribution < -0.4 is 9.47 Å². The Bertz CT molecular complexity index is 789. The average molecular weight is 387 g/mol. The summed E-state index contributed by atoms with van der Waals surface area (Å²) in [6, 6.07) is 15.4.